The van der Waals surface area contributed by atoms with Crippen LogP contribution in [0.25, 0.3) is 0 Å². The molecule has 9 nitrogen and oxygen atoms in total. The van der Waals surface area contributed by atoms with Crippen molar-refractivity contribution in [3.05, 3.63) is 58.1 Å². The Morgan fingerprint density at radius 3 is 2.32 bits per heavy atom. The summed E-state index contributed by atoms with van der Waals surface area (Å²) < 4.78 is 25.5. The molecular weight excluding hydrogens is 368 g/mol. The van der Waals surface area contributed by atoms with Crippen molar-refractivity contribution < 1.29 is 18.1 Å². The Morgan fingerprint density at radius 1 is 1.08 bits per heavy atom. The molecule has 3 N–H and O–H groups in total. The summed E-state index contributed by atoms with van der Waals surface area (Å²) >= 11 is 5.12. The van der Waals surface area contributed by atoms with E-state index >= 15 is 0 Å². The first-order valence-corrected chi connectivity index (χ1v) is 8.69. The van der Waals surface area contributed by atoms with Crippen LogP contribution in [0.4, 0.5) is 17.1 Å². The summed E-state index contributed by atoms with van der Waals surface area (Å²) in [6.07, 6.45) is 0. The van der Waals surface area contributed by atoms with E-state index in [1.54, 1.807) is 0 Å². The third-order valence-corrected chi connectivity index (χ3v) is 4.91. The fraction of sp³-hybridized carbons (Fsp3) is 0. The Kier molecular flexibility index (Phi) is 4.10. The smallest absolute Gasteiger partial charge is 0.269 e. The molecule has 11 heteroatoms. The highest BCUT2D eigenvalue weighted by molar-refractivity contribution is 7.90. The number of nitrogens with zero attached hydrogens (tertiary/aromatic N) is 1. The molecular formula is C14H10N4O5S2. The number of hydrogen-bond donors (Lipinski definition) is 3. The molecule has 1 heterocycles. The molecule has 2 aromatic carbocycles. The molecule has 0 saturated carbocycles. The quantitative estimate of drug-likeness (QED) is 0.419. The Hall–Kier alpha value is -3.05. The molecule has 128 valence electrons. The van der Waals surface area contributed by atoms with E-state index in [9.17, 15) is 23.3 Å². The van der Waals surface area contributed by atoms with Crippen LogP contribution >= 0.6 is 12.2 Å². The molecule has 0 aromatic heterocycles. The number of rotatable bonds is 3. The highest BCUT2D eigenvalue weighted by Crippen LogP contribution is 2.25. The number of non-ortho nitro benzene ring substituents is 1. The first-order valence-electron chi connectivity index (χ1n) is 6.80. The zero-order valence-electron chi connectivity index (χ0n) is 12.3. The minimum absolute atomic E-state index is 0.0505. The second kappa shape index (κ2) is 6.11. The molecule has 0 fully saturated rings. The van der Waals surface area contributed by atoms with Crippen LogP contribution in [0, 0.1) is 10.1 Å². The van der Waals surface area contributed by atoms with Gasteiger partial charge >= 0.3 is 0 Å². The summed E-state index contributed by atoms with van der Waals surface area (Å²) in [7, 11) is -3.85. The average molecular weight is 378 g/mol. The number of benzene rings is 2. The number of nitro benzene ring substituents is 1. The summed E-state index contributed by atoms with van der Waals surface area (Å²) in [4.78, 5) is 21.5. The fourth-order valence-corrected chi connectivity index (χ4v) is 3.63. The Bertz CT molecular complexity index is 1000. The molecule has 0 unspecified atom stereocenters. The number of carbonyl (C=O) groups is 1. The normalized spacial score (nSPS) is 14.3. The molecule has 0 atom stereocenters. The standard InChI is InChI=1S/C14H10N4O5S2/c19-13-11-6-3-9(7-12(11)25(22,23)17-13)16-14(24)15-8-1-4-10(5-2-8)18(20)21/h1-7H,(H,17,19)(H2,15,16,24). The number of carbonyl (C=O) groups excluding carboxylic acids is 1. The van der Waals surface area contributed by atoms with Crippen molar-refractivity contribution in [1.29, 1.82) is 0 Å². The van der Waals surface area contributed by atoms with E-state index in [-0.39, 0.29) is 21.3 Å². The molecule has 1 aliphatic rings. The molecule has 25 heavy (non-hydrogen) atoms. The van der Waals surface area contributed by atoms with E-state index in [1.807, 2.05) is 4.72 Å². The van der Waals surface area contributed by atoms with Gasteiger partial charge < -0.3 is 10.6 Å². The van der Waals surface area contributed by atoms with Gasteiger partial charge in [-0.3, -0.25) is 14.9 Å². The Balaban J connectivity index is 1.74. The predicted molar refractivity (Wildman–Crippen MR) is 94.0 cm³/mol. The molecule has 2 aromatic rings. The number of anilines is 2. The molecule has 3 rings (SSSR count). The van der Waals surface area contributed by atoms with Crippen LogP contribution in [-0.4, -0.2) is 24.4 Å². The van der Waals surface area contributed by atoms with Gasteiger partial charge in [-0.1, -0.05) is 0 Å². The fourth-order valence-electron chi connectivity index (χ4n) is 2.20. The summed E-state index contributed by atoms with van der Waals surface area (Å²) in [5.41, 5.74) is 0.914. The summed E-state index contributed by atoms with van der Waals surface area (Å²) in [6, 6.07) is 9.82. The lowest BCUT2D eigenvalue weighted by Gasteiger charge is -2.11. The Labute approximate surface area is 147 Å². The van der Waals surface area contributed by atoms with Gasteiger partial charge in [-0.2, -0.15) is 0 Å². The van der Waals surface area contributed by atoms with Crippen molar-refractivity contribution >= 4 is 50.3 Å². The molecule has 0 aliphatic carbocycles. The van der Waals surface area contributed by atoms with E-state index in [0.29, 0.717) is 11.4 Å². The minimum atomic E-state index is -3.85. The molecule has 0 saturated heterocycles. The summed E-state index contributed by atoms with van der Waals surface area (Å²) in [6.45, 7) is 0. The number of amides is 1. The first-order chi connectivity index (χ1) is 11.8. The Morgan fingerprint density at radius 2 is 1.68 bits per heavy atom. The van der Waals surface area contributed by atoms with Crippen molar-refractivity contribution in [2.45, 2.75) is 4.90 Å². The second-order valence-corrected chi connectivity index (χ2v) is 7.09. The maximum Gasteiger partial charge on any atom is 0.269 e. The molecule has 1 aliphatic heterocycles. The zero-order valence-corrected chi connectivity index (χ0v) is 14.0. The lowest BCUT2D eigenvalue weighted by molar-refractivity contribution is -0.384. The second-order valence-electron chi connectivity index (χ2n) is 5.03. The van der Waals surface area contributed by atoms with E-state index in [2.05, 4.69) is 10.6 Å². The van der Waals surface area contributed by atoms with Crippen molar-refractivity contribution in [3.8, 4) is 0 Å². The number of fused-ring (bicyclic) bond motifs is 1. The van der Waals surface area contributed by atoms with Gasteiger partial charge in [0.25, 0.3) is 21.6 Å². The van der Waals surface area contributed by atoms with Crippen LogP contribution in [-0.2, 0) is 10.0 Å². The van der Waals surface area contributed by atoms with Gasteiger partial charge in [0.05, 0.1) is 10.5 Å². The van der Waals surface area contributed by atoms with Gasteiger partial charge in [-0.25, -0.2) is 13.1 Å². The third kappa shape index (κ3) is 3.41. The molecule has 0 bridgehead atoms. The number of hydrogen-bond acceptors (Lipinski definition) is 6. The summed E-state index contributed by atoms with van der Waals surface area (Å²) in [5.74, 6) is -0.673. The van der Waals surface area contributed by atoms with Crippen molar-refractivity contribution in [3.63, 3.8) is 0 Å². The van der Waals surface area contributed by atoms with E-state index in [1.165, 1.54) is 42.5 Å². The van der Waals surface area contributed by atoms with Gasteiger partial charge in [0.2, 0.25) is 0 Å². The van der Waals surface area contributed by atoms with E-state index in [4.69, 9.17) is 12.2 Å². The van der Waals surface area contributed by atoms with Gasteiger partial charge in [-0.15, -0.1) is 0 Å². The van der Waals surface area contributed by atoms with Gasteiger partial charge in [0, 0.05) is 23.5 Å². The predicted octanol–water partition coefficient (Wildman–Crippen LogP) is 1.84. The molecule has 0 spiro atoms. The van der Waals surface area contributed by atoms with Crippen LogP contribution in [0.1, 0.15) is 10.4 Å². The van der Waals surface area contributed by atoms with Gasteiger partial charge in [0.1, 0.15) is 4.90 Å². The number of nitrogens with one attached hydrogen (secondary N) is 3. The lowest BCUT2D eigenvalue weighted by atomic mass is 10.2. The largest absolute Gasteiger partial charge is 0.332 e. The van der Waals surface area contributed by atoms with E-state index < -0.39 is 20.9 Å². The number of sulfonamides is 1. The maximum absolute atomic E-state index is 11.8. The molecule has 1 amide bonds. The van der Waals surface area contributed by atoms with Crippen LogP contribution < -0.4 is 15.4 Å². The van der Waals surface area contributed by atoms with Crippen LogP contribution in [0.3, 0.4) is 0 Å². The van der Waals surface area contributed by atoms with Crippen molar-refractivity contribution in [2.75, 3.05) is 10.6 Å². The average Bonchev–Trinajstić information content (AvgIpc) is 2.77. The third-order valence-electron chi connectivity index (χ3n) is 3.34. The zero-order chi connectivity index (χ0) is 18.2. The molecule has 0 radical (unpaired) electrons. The lowest BCUT2D eigenvalue weighted by Crippen LogP contribution is -2.20. The van der Waals surface area contributed by atoms with Crippen LogP contribution in [0.5, 0.6) is 0 Å². The number of thiocarbonyl (C=S) groups is 1. The highest BCUT2D eigenvalue weighted by atomic mass is 32.2. The number of nitro groups is 1. The maximum atomic E-state index is 11.8. The highest BCUT2D eigenvalue weighted by Gasteiger charge is 2.32. The first kappa shape index (κ1) is 16.8. The van der Waals surface area contributed by atoms with E-state index in [0.717, 1.165) is 0 Å². The van der Waals surface area contributed by atoms with Crippen molar-refractivity contribution in [2.24, 2.45) is 0 Å². The minimum Gasteiger partial charge on any atom is -0.332 e. The van der Waals surface area contributed by atoms with Crippen LogP contribution in [0.15, 0.2) is 47.4 Å². The van der Waals surface area contributed by atoms with Crippen LogP contribution in [0.2, 0.25) is 0 Å². The monoisotopic (exact) mass is 378 g/mol. The van der Waals surface area contributed by atoms with Gasteiger partial charge in [0.15, 0.2) is 5.11 Å². The SMILES string of the molecule is O=C1NS(=O)(=O)c2cc(NC(=S)Nc3ccc([N+](=O)[O-])cc3)ccc21. The van der Waals surface area contributed by atoms with Gasteiger partial charge in [-0.05, 0) is 42.5 Å². The topological polar surface area (TPSA) is 130 Å². The summed E-state index contributed by atoms with van der Waals surface area (Å²) in [5, 5.41) is 16.4. The van der Waals surface area contributed by atoms with Crippen molar-refractivity contribution in [1.82, 2.24) is 4.72 Å².